The maximum absolute atomic E-state index is 11.6. The first-order valence-corrected chi connectivity index (χ1v) is 6.15. The van der Waals surface area contributed by atoms with Crippen LogP contribution in [-0.2, 0) is 16.0 Å². The highest BCUT2D eigenvalue weighted by molar-refractivity contribution is 5.92. The molecule has 1 heterocycles. The van der Waals surface area contributed by atoms with Gasteiger partial charge in [0.15, 0.2) is 5.69 Å². The van der Waals surface area contributed by atoms with Crippen molar-refractivity contribution in [1.82, 2.24) is 9.55 Å². The molecule has 0 aromatic carbocycles. The van der Waals surface area contributed by atoms with Gasteiger partial charge in [0, 0.05) is 7.11 Å². The number of nitrogens with two attached hydrogens (primary N) is 1. The van der Waals surface area contributed by atoms with Crippen molar-refractivity contribution in [3.8, 4) is 0 Å². The summed E-state index contributed by atoms with van der Waals surface area (Å²) in [7, 11) is 1.71. The molecule has 1 aromatic heterocycles. The minimum Gasteiger partial charge on any atom is -0.461 e. The fraction of sp³-hybridized carbons (Fsp3) is 0.667. The van der Waals surface area contributed by atoms with Gasteiger partial charge >= 0.3 is 5.97 Å². The van der Waals surface area contributed by atoms with E-state index in [1.54, 1.807) is 24.9 Å². The molecule has 0 aliphatic heterocycles. The summed E-state index contributed by atoms with van der Waals surface area (Å²) < 4.78 is 12.2. The van der Waals surface area contributed by atoms with E-state index in [4.69, 9.17) is 15.2 Å². The van der Waals surface area contributed by atoms with Gasteiger partial charge in [-0.3, -0.25) is 0 Å². The van der Waals surface area contributed by atoms with Gasteiger partial charge in [0.05, 0.1) is 25.1 Å². The van der Waals surface area contributed by atoms with E-state index in [0.29, 0.717) is 19.0 Å². The number of carbonyl (C=O) groups excluding carboxylic acids is 1. The molecule has 1 aliphatic carbocycles. The molecule has 2 N–H and O–H groups in total. The smallest absolute Gasteiger partial charge is 0.360 e. The molecule has 6 nitrogen and oxygen atoms in total. The molecule has 18 heavy (non-hydrogen) atoms. The number of hydrogen-bond donors (Lipinski definition) is 1. The van der Waals surface area contributed by atoms with Crippen LogP contribution in [0.3, 0.4) is 0 Å². The molecule has 2 rings (SSSR count). The van der Waals surface area contributed by atoms with Gasteiger partial charge in [0.2, 0.25) is 0 Å². The van der Waals surface area contributed by atoms with Crippen molar-refractivity contribution in [2.24, 2.45) is 0 Å². The summed E-state index contributed by atoms with van der Waals surface area (Å²) in [6.45, 7) is 2.69. The Balaban J connectivity index is 2.13. The average molecular weight is 253 g/mol. The number of anilines is 1. The van der Waals surface area contributed by atoms with Crippen LogP contribution in [0.5, 0.6) is 0 Å². The van der Waals surface area contributed by atoms with Gasteiger partial charge in [-0.2, -0.15) is 0 Å². The SMILES string of the molecule is CCOC(=O)c1ncn(CC2(OC)CCC2)c1N. The summed E-state index contributed by atoms with van der Waals surface area (Å²) in [5.74, 6) is -0.134. The summed E-state index contributed by atoms with van der Waals surface area (Å²) >= 11 is 0. The van der Waals surface area contributed by atoms with E-state index in [2.05, 4.69) is 4.98 Å². The second-order valence-electron chi connectivity index (χ2n) is 4.57. The topological polar surface area (TPSA) is 79.4 Å². The van der Waals surface area contributed by atoms with Gasteiger partial charge in [-0.05, 0) is 26.2 Å². The van der Waals surface area contributed by atoms with Gasteiger partial charge in [-0.25, -0.2) is 9.78 Å². The van der Waals surface area contributed by atoms with Gasteiger partial charge in [-0.1, -0.05) is 0 Å². The number of methoxy groups -OCH3 is 1. The Morgan fingerprint density at radius 1 is 1.61 bits per heavy atom. The summed E-state index contributed by atoms with van der Waals surface area (Å²) in [6.07, 6.45) is 4.75. The van der Waals surface area contributed by atoms with Crippen LogP contribution < -0.4 is 5.73 Å². The van der Waals surface area contributed by atoms with E-state index in [9.17, 15) is 4.79 Å². The van der Waals surface area contributed by atoms with Crippen molar-refractivity contribution in [3.05, 3.63) is 12.0 Å². The highest BCUT2D eigenvalue weighted by atomic mass is 16.5. The van der Waals surface area contributed by atoms with Crippen LogP contribution in [0.2, 0.25) is 0 Å². The average Bonchev–Trinajstić information content (AvgIpc) is 2.66. The number of aromatic nitrogens is 2. The maximum Gasteiger partial charge on any atom is 0.360 e. The monoisotopic (exact) mass is 253 g/mol. The van der Waals surface area contributed by atoms with Crippen molar-refractivity contribution in [3.63, 3.8) is 0 Å². The van der Waals surface area contributed by atoms with Crippen molar-refractivity contribution in [2.45, 2.75) is 38.3 Å². The van der Waals surface area contributed by atoms with E-state index in [1.807, 2.05) is 0 Å². The molecule has 0 unspecified atom stereocenters. The fourth-order valence-electron chi connectivity index (χ4n) is 2.18. The zero-order valence-electron chi connectivity index (χ0n) is 10.8. The van der Waals surface area contributed by atoms with Gasteiger partial charge in [-0.15, -0.1) is 0 Å². The Bertz CT molecular complexity index is 432. The summed E-state index contributed by atoms with van der Waals surface area (Å²) in [6, 6.07) is 0. The quantitative estimate of drug-likeness (QED) is 0.798. The third-order valence-corrected chi connectivity index (χ3v) is 3.50. The zero-order valence-corrected chi connectivity index (χ0v) is 10.8. The number of esters is 1. The first-order chi connectivity index (χ1) is 8.62. The molecule has 0 spiro atoms. The number of imidazole rings is 1. The summed E-state index contributed by atoms with van der Waals surface area (Å²) in [5.41, 5.74) is 5.95. The lowest BCUT2D eigenvalue weighted by atomic mass is 9.80. The lowest BCUT2D eigenvalue weighted by Crippen LogP contribution is -2.43. The van der Waals surface area contributed by atoms with Crippen molar-refractivity contribution in [1.29, 1.82) is 0 Å². The highest BCUT2D eigenvalue weighted by Crippen LogP contribution is 2.37. The number of ether oxygens (including phenoxy) is 2. The van der Waals surface area contributed by atoms with E-state index >= 15 is 0 Å². The molecule has 100 valence electrons. The van der Waals surface area contributed by atoms with Crippen LogP contribution in [0.25, 0.3) is 0 Å². The largest absolute Gasteiger partial charge is 0.461 e. The lowest BCUT2D eigenvalue weighted by Gasteiger charge is -2.40. The normalized spacial score (nSPS) is 17.2. The van der Waals surface area contributed by atoms with Crippen LogP contribution in [0, 0.1) is 0 Å². The molecule has 0 atom stereocenters. The van der Waals surface area contributed by atoms with E-state index in [-0.39, 0.29) is 11.3 Å². The minimum atomic E-state index is -0.478. The van der Waals surface area contributed by atoms with Gasteiger partial charge < -0.3 is 19.8 Å². The molecular formula is C12H19N3O3. The molecule has 0 saturated heterocycles. The minimum absolute atomic E-state index is 0.152. The summed E-state index contributed by atoms with van der Waals surface area (Å²) in [5, 5.41) is 0. The molecule has 0 amide bonds. The number of nitrogens with zero attached hydrogens (tertiary/aromatic N) is 2. The van der Waals surface area contributed by atoms with Crippen molar-refractivity contribution >= 4 is 11.8 Å². The third kappa shape index (κ3) is 2.20. The Morgan fingerprint density at radius 2 is 2.33 bits per heavy atom. The van der Waals surface area contributed by atoms with Crippen LogP contribution in [0.4, 0.5) is 5.82 Å². The molecule has 6 heteroatoms. The third-order valence-electron chi connectivity index (χ3n) is 3.50. The molecule has 1 saturated carbocycles. The van der Waals surface area contributed by atoms with E-state index in [1.165, 1.54) is 0 Å². The maximum atomic E-state index is 11.6. The van der Waals surface area contributed by atoms with E-state index < -0.39 is 5.97 Å². The fourth-order valence-corrected chi connectivity index (χ4v) is 2.18. The van der Waals surface area contributed by atoms with Crippen LogP contribution in [0.1, 0.15) is 36.7 Å². The van der Waals surface area contributed by atoms with E-state index in [0.717, 1.165) is 19.3 Å². The van der Waals surface area contributed by atoms with Crippen molar-refractivity contribution in [2.75, 3.05) is 19.5 Å². The number of nitrogen functional groups attached to an aromatic ring is 1. The first-order valence-electron chi connectivity index (χ1n) is 6.15. The Morgan fingerprint density at radius 3 is 2.83 bits per heavy atom. The molecule has 0 radical (unpaired) electrons. The van der Waals surface area contributed by atoms with Crippen molar-refractivity contribution < 1.29 is 14.3 Å². The predicted octanol–water partition coefficient (Wildman–Crippen LogP) is 1.21. The highest BCUT2D eigenvalue weighted by Gasteiger charge is 2.38. The predicted molar refractivity (Wildman–Crippen MR) is 66.2 cm³/mol. The van der Waals surface area contributed by atoms with Gasteiger partial charge in [0.1, 0.15) is 5.82 Å². The van der Waals surface area contributed by atoms with Crippen LogP contribution in [0.15, 0.2) is 6.33 Å². The lowest BCUT2D eigenvalue weighted by molar-refractivity contribution is -0.0831. The Labute approximate surface area is 106 Å². The summed E-state index contributed by atoms with van der Waals surface area (Å²) in [4.78, 5) is 15.6. The Kier molecular flexibility index (Phi) is 3.56. The number of carbonyl (C=O) groups is 1. The van der Waals surface area contributed by atoms with Gasteiger partial charge in [0.25, 0.3) is 0 Å². The molecule has 1 fully saturated rings. The second-order valence-corrected chi connectivity index (χ2v) is 4.57. The number of rotatable bonds is 5. The molecular weight excluding hydrogens is 234 g/mol. The molecule has 1 aliphatic rings. The Hall–Kier alpha value is -1.56. The standard InChI is InChI=1S/C12H19N3O3/c1-3-18-11(16)9-10(13)15(8-14-9)7-12(17-2)5-4-6-12/h8H,3-7,13H2,1-2H3. The zero-order chi connectivity index (χ0) is 13.2. The van der Waals surface area contributed by atoms with Crippen LogP contribution in [-0.4, -0.2) is 34.8 Å². The van der Waals surface area contributed by atoms with Crippen LogP contribution >= 0.6 is 0 Å². The molecule has 0 bridgehead atoms. The second kappa shape index (κ2) is 4.97. The molecule has 1 aromatic rings. The first kappa shape index (κ1) is 12.9. The number of hydrogen-bond acceptors (Lipinski definition) is 5.